The average Bonchev–Trinajstić information content (AvgIpc) is 2.76. The summed E-state index contributed by atoms with van der Waals surface area (Å²) in [7, 11) is 0. The third-order valence-electron chi connectivity index (χ3n) is 3.40. The largest absolute Gasteiger partial charge is 0.490 e. The van der Waals surface area contributed by atoms with E-state index in [2.05, 4.69) is 5.32 Å². The Morgan fingerprint density at radius 1 is 1.09 bits per heavy atom. The molecule has 0 bridgehead atoms. The van der Waals surface area contributed by atoms with Crippen LogP contribution in [0.2, 0.25) is 10.0 Å². The van der Waals surface area contributed by atoms with Gasteiger partial charge in [-0.15, -0.1) is 0 Å². The fourth-order valence-electron chi connectivity index (χ4n) is 2.46. The minimum absolute atomic E-state index is 0.0248. The summed E-state index contributed by atoms with van der Waals surface area (Å²) >= 11 is 12.1. The van der Waals surface area contributed by atoms with Crippen molar-refractivity contribution in [1.29, 1.82) is 0 Å². The van der Waals surface area contributed by atoms with Crippen molar-refractivity contribution < 1.29 is 9.53 Å². The van der Waals surface area contributed by atoms with Crippen LogP contribution in [0.1, 0.15) is 25.0 Å². The molecule has 1 N–H and O–H groups in total. The van der Waals surface area contributed by atoms with E-state index in [4.69, 9.17) is 27.9 Å². The molecule has 3 rings (SSSR count). The molecule has 1 amide bonds. The van der Waals surface area contributed by atoms with Crippen LogP contribution in [-0.2, 0) is 4.79 Å². The molecule has 0 saturated carbocycles. The summed E-state index contributed by atoms with van der Waals surface area (Å²) in [5, 5.41) is 3.98. The minimum atomic E-state index is -0.169. The molecule has 2 aromatic rings. The third-order valence-corrected chi connectivity index (χ3v) is 3.87. The van der Waals surface area contributed by atoms with Crippen LogP contribution in [0, 0.1) is 0 Å². The molecule has 0 unspecified atom stereocenters. The maximum absolute atomic E-state index is 12.3. The van der Waals surface area contributed by atoms with Crippen molar-refractivity contribution >= 4 is 46.4 Å². The number of anilines is 1. The van der Waals surface area contributed by atoms with Crippen molar-refractivity contribution in [1.82, 2.24) is 0 Å². The number of carbonyl (C=O) groups excluding carboxylic acids is 1. The van der Waals surface area contributed by atoms with E-state index < -0.39 is 0 Å². The van der Waals surface area contributed by atoms with E-state index in [0.29, 0.717) is 27.1 Å². The number of amides is 1. The molecule has 118 valence electrons. The average molecular weight is 348 g/mol. The summed E-state index contributed by atoms with van der Waals surface area (Å²) in [5.74, 6) is 0.518. The molecule has 5 heteroatoms. The first-order chi connectivity index (χ1) is 10.9. The summed E-state index contributed by atoms with van der Waals surface area (Å²) in [6, 6.07) is 10.7. The number of halogens is 2. The number of nitrogens with one attached hydrogen (secondary N) is 1. The fraction of sp³-hybridized carbons (Fsp3) is 0.167. The number of carbonyl (C=O) groups is 1. The number of rotatable bonds is 3. The van der Waals surface area contributed by atoms with Crippen molar-refractivity contribution in [3.05, 3.63) is 57.6 Å². The molecular weight excluding hydrogens is 333 g/mol. The number of fused-ring (bicyclic) bond motifs is 1. The molecule has 2 aromatic carbocycles. The highest BCUT2D eigenvalue weighted by Crippen LogP contribution is 2.36. The summed E-state index contributed by atoms with van der Waals surface area (Å²) in [6.45, 7) is 3.90. The highest BCUT2D eigenvalue weighted by Gasteiger charge is 2.24. The van der Waals surface area contributed by atoms with Gasteiger partial charge in [-0.25, -0.2) is 0 Å². The van der Waals surface area contributed by atoms with Gasteiger partial charge in [0.15, 0.2) is 0 Å². The SMILES string of the molecule is CC(C)Oc1ccc(Cl)cc1/C=C1/C(=O)Nc2cc(Cl)ccc21. The van der Waals surface area contributed by atoms with Crippen LogP contribution in [-0.4, -0.2) is 12.0 Å². The Morgan fingerprint density at radius 2 is 1.78 bits per heavy atom. The fourth-order valence-corrected chi connectivity index (χ4v) is 2.81. The zero-order valence-corrected chi connectivity index (χ0v) is 14.2. The van der Waals surface area contributed by atoms with Crippen LogP contribution in [0.3, 0.4) is 0 Å². The number of ether oxygens (including phenoxy) is 1. The van der Waals surface area contributed by atoms with Gasteiger partial charge in [-0.2, -0.15) is 0 Å². The molecule has 23 heavy (non-hydrogen) atoms. The van der Waals surface area contributed by atoms with Crippen molar-refractivity contribution in [3.8, 4) is 5.75 Å². The molecule has 0 atom stereocenters. The van der Waals surface area contributed by atoms with E-state index in [1.54, 1.807) is 30.3 Å². The second kappa shape index (κ2) is 6.26. The van der Waals surface area contributed by atoms with Crippen molar-refractivity contribution in [2.24, 2.45) is 0 Å². The van der Waals surface area contributed by atoms with Gasteiger partial charge in [0, 0.05) is 26.7 Å². The topological polar surface area (TPSA) is 38.3 Å². The summed E-state index contributed by atoms with van der Waals surface area (Å²) in [5.41, 5.74) is 2.85. The lowest BCUT2D eigenvalue weighted by Gasteiger charge is -2.13. The normalized spacial score (nSPS) is 15.0. The highest BCUT2D eigenvalue weighted by atomic mass is 35.5. The molecule has 3 nitrogen and oxygen atoms in total. The van der Waals surface area contributed by atoms with E-state index >= 15 is 0 Å². The Bertz CT molecular complexity index is 813. The monoisotopic (exact) mass is 347 g/mol. The predicted octanol–water partition coefficient (Wildman–Crippen LogP) is 5.27. The Hall–Kier alpha value is -1.97. The van der Waals surface area contributed by atoms with Crippen molar-refractivity contribution in [3.63, 3.8) is 0 Å². The second-order valence-electron chi connectivity index (χ2n) is 5.55. The zero-order chi connectivity index (χ0) is 16.6. The van der Waals surface area contributed by atoms with Crippen LogP contribution in [0.15, 0.2) is 36.4 Å². The van der Waals surface area contributed by atoms with Gasteiger partial charge in [0.05, 0.1) is 11.8 Å². The Morgan fingerprint density at radius 3 is 2.52 bits per heavy atom. The maximum Gasteiger partial charge on any atom is 0.256 e. The number of hydrogen-bond acceptors (Lipinski definition) is 2. The number of benzene rings is 2. The van der Waals surface area contributed by atoms with E-state index in [0.717, 1.165) is 11.1 Å². The molecule has 0 fully saturated rings. The van der Waals surface area contributed by atoms with E-state index in [-0.39, 0.29) is 12.0 Å². The summed E-state index contributed by atoms with van der Waals surface area (Å²) < 4.78 is 5.80. The molecule has 1 heterocycles. The molecule has 0 radical (unpaired) electrons. The van der Waals surface area contributed by atoms with Gasteiger partial charge in [-0.1, -0.05) is 29.3 Å². The second-order valence-corrected chi connectivity index (χ2v) is 6.42. The zero-order valence-electron chi connectivity index (χ0n) is 12.7. The highest BCUT2D eigenvalue weighted by molar-refractivity contribution is 6.37. The summed E-state index contributed by atoms with van der Waals surface area (Å²) in [6.07, 6.45) is 1.82. The summed E-state index contributed by atoms with van der Waals surface area (Å²) in [4.78, 5) is 12.3. The first-order valence-electron chi connectivity index (χ1n) is 7.23. The van der Waals surface area contributed by atoms with Gasteiger partial charge in [-0.05, 0) is 50.3 Å². The smallest absolute Gasteiger partial charge is 0.256 e. The first-order valence-corrected chi connectivity index (χ1v) is 7.99. The molecule has 1 aliphatic rings. The molecular formula is C18H15Cl2NO2. The standard InChI is InChI=1S/C18H15Cl2NO2/c1-10(2)23-17-6-4-12(19)7-11(17)8-15-14-5-3-13(20)9-16(14)21-18(15)22/h3-10H,1-2H3,(H,21,22)/b15-8+. The van der Waals surface area contributed by atoms with Gasteiger partial charge in [0.1, 0.15) is 5.75 Å². The maximum atomic E-state index is 12.3. The quantitative estimate of drug-likeness (QED) is 0.767. The van der Waals surface area contributed by atoms with Crippen LogP contribution in [0.25, 0.3) is 11.6 Å². The van der Waals surface area contributed by atoms with Gasteiger partial charge in [0.25, 0.3) is 5.91 Å². The van der Waals surface area contributed by atoms with Gasteiger partial charge in [0.2, 0.25) is 0 Å². The lowest BCUT2D eigenvalue weighted by molar-refractivity contribution is -0.110. The van der Waals surface area contributed by atoms with E-state index in [1.165, 1.54) is 0 Å². The lowest BCUT2D eigenvalue weighted by Crippen LogP contribution is -2.07. The lowest BCUT2D eigenvalue weighted by atomic mass is 10.0. The van der Waals surface area contributed by atoms with Gasteiger partial charge in [-0.3, -0.25) is 4.79 Å². The third kappa shape index (κ3) is 3.36. The number of hydrogen-bond donors (Lipinski definition) is 1. The van der Waals surface area contributed by atoms with E-state index in [1.807, 2.05) is 26.0 Å². The molecule has 0 aromatic heterocycles. The van der Waals surface area contributed by atoms with Crippen LogP contribution in [0.5, 0.6) is 5.75 Å². The minimum Gasteiger partial charge on any atom is -0.490 e. The Labute approximate surface area is 144 Å². The first kappa shape index (κ1) is 15.9. The molecule has 0 aliphatic carbocycles. The molecule has 0 saturated heterocycles. The van der Waals surface area contributed by atoms with Crippen LogP contribution >= 0.6 is 23.2 Å². The molecule has 0 spiro atoms. The predicted molar refractivity (Wildman–Crippen MR) is 95.2 cm³/mol. The van der Waals surface area contributed by atoms with E-state index in [9.17, 15) is 4.79 Å². The van der Waals surface area contributed by atoms with Crippen LogP contribution < -0.4 is 10.1 Å². The van der Waals surface area contributed by atoms with Gasteiger partial charge >= 0.3 is 0 Å². The van der Waals surface area contributed by atoms with Crippen LogP contribution in [0.4, 0.5) is 5.69 Å². The van der Waals surface area contributed by atoms with Crippen molar-refractivity contribution in [2.75, 3.05) is 5.32 Å². The Balaban J connectivity index is 2.09. The van der Waals surface area contributed by atoms with Crippen molar-refractivity contribution in [2.45, 2.75) is 20.0 Å². The Kier molecular flexibility index (Phi) is 4.33. The molecule has 1 aliphatic heterocycles. The van der Waals surface area contributed by atoms with Gasteiger partial charge < -0.3 is 10.1 Å².